The van der Waals surface area contributed by atoms with Crippen molar-refractivity contribution in [3.8, 4) is 0 Å². The number of rotatable bonds is 10. The van der Waals surface area contributed by atoms with Crippen LogP contribution in [0.2, 0.25) is 0 Å². The third kappa shape index (κ3) is 5.93. The molecule has 2 heterocycles. The van der Waals surface area contributed by atoms with Crippen LogP contribution in [0.5, 0.6) is 0 Å². The number of nitrogens with zero attached hydrogens (tertiary/aromatic N) is 1. The van der Waals surface area contributed by atoms with Crippen LogP contribution in [0.4, 0.5) is 0 Å². The predicted molar refractivity (Wildman–Crippen MR) is 136 cm³/mol. The molecule has 0 radical (unpaired) electrons. The van der Waals surface area contributed by atoms with E-state index in [9.17, 15) is 0 Å². The topological polar surface area (TPSA) is 12.5 Å². The van der Waals surface area contributed by atoms with Crippen LogP contribution in [0.15, 0.2) is 91.0 Å². The van der Waals surface area contributed by atoms with Crippen LogP contribution in [-0.2, 0) is 17.6 Å². The van der Waals surface area contributed by atoms with Gasteiger partial charge in [0, 0.05) is 12.1 Å². The van der Waals surface area contributed by atoms with Crippen molar-refractivity contribution in [3.05, 3.63) is 108 Å². The van der Waals surface area contributed by atoms with Gasteiger partial charge in [-0.2, -0.15) is 0 Å². The summed E-state index contributed by atoms with van der Waals surface area (Å²) in [5, 5.41) is 0. The lowest BCUT2D eigenvalue weighted by molar-refractivity contribution is -0.0652. The standard InChI is InChI=1S/C31H37NO/c1-4-11-25(12-5-1)15-10-22-32-28-19-20-29(32)24-30(23-28)33-31(27-16-8-3-9-17-27)21-18-26-13-6-2-7-14-26/h1-9,11-14,16-17,28-31H,10,15,18-24H2/t28-,29+,30?,31?. The first-order chi connectivity index (χ1) is 16.3. The van der Waals surface area contributed by atoms with Crippen LogP contribution < -0.4 is 0 Å². The summed E-state index contributed by atoms with van der Waals surface area (Å²) in [4.78, 5) is 2.81. The molecule has 2 saturated heterocycles. The number of aryl methyl sites for hydroxylation is 2. The second-order valence-corrected chi connectivity index (χ2v) is 9.87. The summed E-state index contributed by atoms with van der Waals surface area (Å²) >= 11 is 0. The van der Waals surface area contributed by atoms with Gasteiger partial charge in [-0.1, -0.05) is 91.0 Å². The fourth-order valence-corrected chi connectivity index (χ4v) is 5.97. The van der Waals surface area contributed by atoms with E-state index in [0.717, 1.165) is 12.8 Å². The fraction of sp³-hybridized carbons (Fsp3) is 0.419. The minimum Gasteiger partial charge on any atom is -0.370 e. The molecule has 5 rings (SSSR count). The van der Waals surface area contributed by atoms with Crippen LogP contribution in [0.3, 0.4) is 0 Å². The molecule has 2 nitrogen and oxygen atoms in total. The van der Waals surface area contributed by atoms with E-state index in [2.05, 4.69) is 95.9 Å². The highest BCUT2D eigenvalue weighted by molar-refractivity contribution is 5.20. The van der Waals surface area contributed by atoms with Crippen LogP contribution in [0, 0.1) is 0 Å². The van der Waals surface area contributed by atoms with Crippen molar-refractivity contribution < 1.29 is 4.74 Å². The zero-order chi connectivity index (χ0) is 22.3. The van der Waals surface area contributed by atoms with E-state index in [1.165, 1.54) is 61.8 Å². The highest BCUT2D eigenvalue weighted by atomic mass is 16.5. The minimum absolute atomic E-state index is 0.181. The Hall–Kier alpha value is -2.42. The van der Waals surface area contributed by atoms with Crippen molar-refractivity contribution in [3.63, 3.8) is 0 Å². The van der Waals surface area contributed by atoms with E-state index in [1.807, 2.05) is 0 Å². The van der Waals surface area contributed by atoms with Gasteiger partial charge in [-0.25, -0.2) is 0 Å². The molecule has 0 aromatic heterocycles. The molecule has 172 valence electrons. The number of ether oxygens (including phenoxy) is 1. The summed E-state index contributed by atoms with van der Waals surface area (Å²) in [6.45, 7) is 1.23. The molecule has 4 atom stereocenters. The molecule has 0 aliphatic carbocycles. The molecule has 2 fully saturated rings. The van der Waals surface area contributed by atoms with Crippen molar-refractivity contribution in [2.24, 2.45) is 0 Å². The van der Waals surface area contributed by atoms with Crippen LogP contribution in [0.1, 0.15) is 61.3 Å². The van der Waals surface area contributed by atoms with Gasteiger partial charge < -0.3 is 4.74 Å². The van der Waals surface area contributed by atoms with Crippen LogP contribution in [-0.4, -0.2) is 29.6 Å². The number of hydrogen-bond donors (Lipinski definition) is 0. The van der Waals surface area contributed by atoms with E-state index in [4.69, 9.17) is 4.74 Å². The molecule has 2 unspecified atom stereocenters. The van der Waals surface area contributed by atoms with E-state index >= 15 is 0 Å². The number of benzene rings is 3. The Morgan fingerprint density at radius 2 is 1.24 bits per heavy atom. The zero-order valence-electron chi connectivity index (χ0n) is 19.7. The SMILES string of the molecule is c1ccc(CCCN2[C@@H]3CC[C@H]2CC(OC(CCc2ccccc2)c2ccccc2)C3)cc1. The summed E-state index contributed by atoms with van der Waals surface area (Å²) in [5.74, 6) is 0. The van der Waals surface area contributed by atoms with Crippen molar-refractivity contribution in [2.45, 2.75) is 75.7 Å². The maximum absolute atomic E-state index is 6.88. The predicted octanol–water partition coefficient (Wildman–Crippen LogP) is 7.01. The molecule has 2 bridgehead atoms. The maximum Gasteiger partial charge on any atom is 0.0831 e. The Kier molecular flexibility index (Phi) is 7.55. The summed E-state index contributed by atoms with van der Waals surface area (Å²) in [6.07, 6.45) is 10.2. The van der Waals surface area contributed by atoms with Gasteiger partial charge in [0.05, 0.1) is 12.2 Å². The first-order valence-corrected chi connectivity index (χ1v) is 12.9. The van der Waals surface area contributed by atoms with Gasteiger partial charge in [-0.15, -0.1) is 0 Å². The van der Waals surface area contributed by atoms with Gasteiger partial charge in [-0.05, 0) is 74.6 Å². The number of hydrogen-bond acceptors (Lipinski definition) is 2. The maximum atomic E-state index is 6.88. The second-order valence-electron chi connectivity index (χ2n) is 9.87. The molecule has 3 aromatic rings. The van der Waals surface area contributed by atoms with Gasteiger partial charge in [-0.3, -0.25) is 4.90 Å². The Labute approximate surface area is 199 Å². The lowest BCUT2D eigenvalue weighted by atomic mass is 9.97. The Morgan fingerprint density at radius 3 is 1.85 bits per heavy atom. The monoisotopic (exact) mass is 439 g/mol. The lowest BCUT2D eigenvalue weighted by Crippen LogP contribution is -2.46. The Balaban J connectivity index is 1.17. The fourth-order valence-electron chi connectivity index (χ4n) is 5.97. The second kappa shape index (κ2) is 11.1. The van der Waals surface area contributed by atoms with Crippen LogP contribution >= 0.6 is 0 Å². The molecule has 2 aliphatic rings. The van der Waals surface area contributed by atoms with Gasteiger partial charge in [0.2, 0.25) is 0 Å². The Bertz CT molecular complexity index is 944. The first-order valence-electron chi connectivity index (χ1n) is 12.9. The molecule has 0 saturated carbocycles. The molecular weight excluding hydrogens is 402 g/mol. The van der Waals surface area contributed by atoms with E-state index in [1.54, 1.807) is 0 Å². The van der Waals surface area contributed by atoms with Crippen molar-refractivity contribution in [1.29, 1.82) is 0 Å². The summed E-state index contributed by atoms with van der Waals surface area (Å²) in [5.41, 5.74) is 4.19. The quantitative estimate of drug-likeness (QED) is 0.337. The summed E-state index contributed by atoms with van der Waals surface area (Å²) in [7, 11) is 0. The van der Waals surface area contributed by atoms with Gasteiger partial charge in [0.15, 0.2) is 0 Å². The molecule has 0 N–H and O–H groups in total. The molecule has 2 aliphatic heterocycles. The first kappa shape index (κ1) is 22.4. The molecule has 0 spiro atoms. The largest absolute Gasteiger partial charge is 0.370 e. The molecule has 3 aromatic carbocycles. The normalized spacial score (nSPS) is 23.5. The number of piperidine rings is 1. The lowest BCUT2D eigenvalue weighted by Gasteiger charge is -2.40. The molecule has 33 heavy (non-hydrogen) atoms. The summed E-state index contributed by atoms with van der Waals surface area (Å²) < 4.78 is 6.88. The van der Waals surface area contributed by atoms with Gasteiger partial charge in [0.25, 0.3) is 0 Å². The highest BCUT2D eigenvalue weighted by Gasteiger charge is 2.41. The van der Waals surface area contributed by atoms with Crippen molar-refractivity contribution in [2.75, 3.05) is 6.54 Å². The van der Waals surface area contributed by atoms with E-state index in [-0.39, 0.29) is 6.10 Å². The van der Waals surface area contributed by atoms with Gasteiger partial charge in [0.1, 0.15) is 0 Å². The Morgan fingerprint density at radius 1 is 0.697 bits per heavy atom. The van der Waals surface area contributed by atoms with E-state index < -0.39 is 0 Å². The molecule has 0 amide bonds. The van der Waals surface area contributed by atoms with Crippen molar-refractivity contribution >= 4 is 0 Å². The third-order valence-corrected chi connectivity index (χ3v) is 7.63. The number of fused-ring (bicyclic) bond motifs is 2. The minimum atomic E-state index is 0.181. The van der Waals surface area contributed by atoms with Crippen molar-refractivity contribution in [1.82, 2.24) is 4.90 Å². The summed E-state index contributed by atoms with van der Waals surface area (Å²) in [6, 6.07) is 34.1. The van der Waals surface area contributed by atoms with Crippen LogP contribution in [0.25, 0.3) is 0 Å². The van der Waals surface area contributed by atoms with E-state index in [0.29, 0.717) is 18.2 Å². The smallest absolute Gasteiger partial charge is 0.0831 e. The molecular formula is C31H37NO. The molecule has 2 heteroatoms. The van der Waals surface area contributed by atoms with Gasteiger partial charge >= 0.3 is 0 Å². The average Bonchev–Trinajstić information content (AvgIpc) is 3.11. The third-order valence-electron chi connectivity index (χ3n) is 7.63. The zero-order valence-corrected chi connectivity index (χ0v) is 19.7. The highest BCUT2D eigenvalue weighted by Crippen LogP contribution is 2.39. The average molecular weight is 440 g/mol.